The first kappa shape index (κ1) is 13.8. The molecule has 1 aromatic heterocycles. The number of nitrogens with zero attached hydrogens (tertiary/aromatic N) is 1. The van der Waals surface area contributed by atoms with Crippen LogP contribution >= 0.6 is 0 Å². The molecule has 0 amide bonds. The lowest BCUT2D eigenvalue weighted by atomic mass is 9.78. The van der Waals surface area contributed by atoms with E-state index in [1.807, 2.05) is 6.07 Å². The maximum atomic E-state index is 12.8. The summed E-state index contributed by atoms with van der Waals surface area (Å²) >= 11 is 0. The van der Waals surface area contributed by atoms with Crippen molar-refractivity contribution in [1.29, 1.82) is 0 Å². The lowest BCUT2D eigenvalue weighted by Crippen LogP contribution is -2.40. The van der Waals surface area contributed by atoms with Crippen LogP contribution in [-0.2, 0) is 6.42 Å². The number of rotatable bonds is 0. The first-order valence-corrected chi connectivity index (χ1v) is 8.13. The van der Waals surface area contributed by atoms with Crippen molar-refractivity contribution in [2.24, 2.45) is 11.8 Å². The molecule has 2 heterocycles. The molecular weight excluding hydrogens is 272 g/mol. The number of aromatic amines is 1. The van der Waals surface area contributed by atoms with Gasteiger partial charge in [0.25, 0.3) is 0 Å². The van der Waals surface area contributed by atoms with E-state index in [1.165, 1.54) is 16.5 Å². The van der Waals surface area contributed by atoms with Gasteiger partial charge in [-0.25, -0.2) is 0 Å². The van der Waals surface area contributed by atoms with Gasteiger partial charge in [-0.05, 0) is 43.9 Å². The summed E-state index contributed by atoms with van der Waals surface area (Å²) < 4.78 is 0. The molecular formula is C19H22N2O. The average Bonchev–Trinajstić information content (AvgIpc) is 2.82. The molecule has 1 fully saturated rings. The summed E-state index contributed by atoms with van der Waals surface area (Å²) in [7, 11) is 2.18. The lowest BCUT2D eigenvalue weighted by molar-refractivity contribution is 0.0936. The Balaban J connectivity index is 1.83. The van der Waals surface area contributed by atoms with Crippen LogP contribution in [-0.4, -0.2) is 35.8 Å². The van der Waals surface area contributed by atoms with Crippen LogP contribution in [0.15, 0.2) is 35.9 Å². The second kappa shape index (κ2) is 5.10. The number of likely N-dealkylation sites (tertiary alicyclic amines) is 1. The van der Waals surface area contributed by atoms with Crippen LogP contribution in [0.4, 0.5) is 0 Å². The number of ketones is 1. The van der Waals surface area contributed by atoms with Crippen molar-refractivity contribution >= 4 is 16.7 Å². The highest BCUT2D eigenvalue weighted by Crippen LogP contribution is 2.39. The zero-order chi connectivity index (χ0) is 15.3. The molecule has 1 aliphatic carbocycles. The highest BCUT2D eigenvalue weighted by atomic mass is 16.1. The van der Waals surface area contributed by atoms with Gasteiger partial charge < -0.3 is 9.88 Å². The molecule has 0 bridgehead atoms. The van der Waals surface area contributed by atoms with Crippen molar-refractivity contribution in [3.63, 3.8) is 0 Å². The van der Waals surface area contributed by atoms with Gasteiger partial charge in [0, 0.05) is 30.4 Å². The van der Waals surface area contributed by atoms with Crippen LogP contribution < -0.4 is 0 Å². The molecule has 1 aromatic carbocycles. The zero-order valence-corrected chi connectivity index (χ0v) is 13.2. The van der Waals surface area contributed by atoms with Crippen molar-refractivity contribution in [3.05, 3.63) is 47.2 Å². The van der Waals surface area contributed by atoms with Crippen molar-refractivity contribution in [3.8, 4) is 0 Å². The van der Waals surface area contributed by atoms with E-state index in [1.54, 1.807) is 0 Å². The van der Waals surface area contributed by atoms with E-state index in [-0.39, 0.29) is 5.78 Å². The minimum Gasteiger partial charge on any atom is -0.352 e. The van der Waals surface area contributed by atoms with Gasteiger partial charge in [-0.15, -0.1) is 0 Å². The Hall–Kier alpha value is -1.87. The number of carbonyl (C=O) groups is 1. The zero-order valence-electron chi connectivity index (χ0n) is 13.2. The Morgan fingerprint density at radius 2 is 2.09 bits per heavy atom. The van der Waals surface area contributed by atoms with E-state index >= 15 is 0 Å². The summed E-state index contributed by atoms with van der Waals surface area (Å²) in [5.74, 6) is 1.23. The summed E-state index contributed by atoms with van der Waals surface area (Å²) in [5, 5.41) is 1.22. The molecule has 2 aromatic rings. The smallest absolute Gasteiger partial charge is 0.179 e. The summed E-state index contributed by atoms with van der Waals surface area (Å²) in [6, 6.07) is 8.30. The number of hydrogen-bond acceptors (Lipinski definition) is 2. The van der Waals surface area contributed by atoms with E-state index in [0.29, 0.717) is 18.3 Å². The third-order valence-corrected chi connectivity index (χ3v) is 5.38. The van der Waals surface area contributed by atoms with E-state index in [2.05, 4.69) is 48.1 Å². The first-order chi connectivity index (χ1) is 10.7. The van der Waals surface area contributed by atoms with Gasteiger partial charge >= 0.3 is 0 Å². The van der Waals surface area contributed by atoms with Crippen LogP contribution in [0.1, 0.15) is 29.4 Å². The van der Waals surface area contributed by atoms with Gasteiger partial charge in [-0.3, -0.25) is 4.79 Å². The van der Waals surface area contributed by atoms with Gasteiger partial charge in [0.1, 0.15) is 0 Å². The Morgan fingerprint density at radius 3 is 2.91 bits per heavy atom. The predicted molar refractivity (Wildman–Crippen MR) is 89.2 cm³/mol. The Morgan fingerprint density at radius 1 is 1.27 bits per heavy atom. The van der Waals surface area contributed by atoms with Gasteiger partial charge in [0.2, 0.25) is 0 Å². The second-order valence-corrected chi connectivity index (χ2v) is 6.78. The molecule has 1 N–H and O–H groups in total. The number of nitrogens with one attached hydrogen (secondary N) is 1. The Labute approximate surface area is 131 Å². The van der Waals surface area contributed by atoms with Gasteiger partial charge in [-0.1, -0.05) is 29.8 Å². The number of fused-ring (bicyclic) bond motifs is 4. The summed E-state index contributed by atoms with van der Waals surface area (Å²) in [5.41, 5.74) is 4.61. The van der Waals surface area contributed by atoms with Crippen molar-refractivity contribution in [1.82, 2.24) is 9.88 Å². The highest BCUT2D eigenvalue weighted by Gasteiger charge is 2.37. The van der Waals surface area contributed by atoms with E-state index < -0.39 is 0 Å². The highest BCUT2D eigenvalue weighted by molar-refractivity contribution is 6.03. The van der Waals surface area contributed by atoms with Gasteiger partial charge in [-0.2, -0.15) is 0 Å². The largest absolute Gasteiger partial charge is 0.352 e. The molecule has 1 saturated heterocycles. The van der Waals surface area contributed by atoms with Crippen LogP contribution in [0, 0.1) is 11.8 Å². The monoisotopic (exact) mass is 294 g/mol. The predicted octanol–water partition coefficient (Wildman–Crippen LogP) is 3.42. The summed E-state index contributed by atoms with van der Waals surface area (Å²) in [4.78, 5) is 18.6. The minimum absolute atomic E-state index is 0.280. The number of hydrogen-bond donors (Lipinski definition) is 1. The van der Waals surface area contributed by atoms with Crippen LogP contribution in [0.25, 0.3) is 10.9 Å². The fourth-order valence-electron chi connectivity index (χ4n) is 4.35. The van der Waals surface area contributed by atoms with Gasteiger partial charge in [0.15, 0.2) is 5.78 Å². The third kappa shape index (κ3) is 2.03. The Bertz CT molecular complexity index is 771. The molecule has 0 radical (unpaired) electrons. The summed E-state index contributed by atoms with van der Waals surface area (Å²) in [6.07, 6.45) is 3.87. The fourth-order valence-corrected chi connectivity index (χ4v) is 4.35. The van der Waals surface area contributed by atoms with Gasteiger partial charge in [0.05, 0.1) is 5.69 Å². The number of likely N-dealkylation sites (N-methyl/N-ethyl adjacent to an activating group) is 1. The molecule has 2 aliphatic rings. The number of carbonyl (C=O) groups excluding carboxylic acids is 1. The molecule has 1 aliphatic heterocycles. The van der Waals surface area contributed by atoms with E-state index in [0.717, 1.165) is 30.7 Å². The molecule has 3 nitrogen and oxygen atoms in total. The number of piperidine rings is 1. The third-order valence-electron chi connectivity index (χ3n) is 5.38. The van der Waals surface area contributed by atoms with Crippen LogP contribution in [0.3, 0.4) is 0 Å². The quantitative estimate of drug-likeness (QED) is 0.756. The molecule has 3 heteroatoms. The molecule has 2 atom stereocenters. The van der Waals surface area contributed by atoms with Crippen molar-refractivity contribution in [2.45, 2.75) is 19.8 Å². The number of benzene rings is 1. The van der Waals surface area contributed by atoms with Crippen molar-refractivity contribution < 1.29 is 4.79 Å². The number of H-pyrrole nitrogens is 1. The Kier molecular flexibility index (Phi) is 3.19. The maximum absolute atomic E-state index is 12.8. The number of aromatic nitrogens is 1. The van der Waals surface area contributed by atoms with Crippen LogP contribution in [0.2, 0.25) is 0 Å². The minimum atomic E-state index is 0.280. The molecule has 22 heavy (non-hydrogen) atoms. The molecule has 4 rings (SSSR count). The second-order valence-electron chi connectivity index (χ2n) is 6.78. The van der Waals surface area contributed by atoms with Crippen LogP contribution in [0.5, 0.6) is 0 Å². The standard InChI is InChI=1S/C19H22N2O/c1-3-12-10-21(2)11-13-8-16-14-6-4-5-7-17(14)20-19(16)18(22)9-15(12)13/h3-7,13,15,20H,8-11H2,1-2H3/t13-,15-/m0/s1. The average molecular weight is 294 g/mol. The maximum Gasteiger partial charge on any atom is 0.179 e. The molecule has 0 saturated carbocycles. The number of allylic oxidation sites excluding steroid dienone is 1. The molecule has 114 valence electrons. The SMILES string of the molecule is CC=C1CN(C)C[C@@H]2Cc3c([nH]c4ccccc34)C(=O)C[C@@H]12. The first-order valence-electron chi connectivity index (χ1n) is 8.13. The number of para-hydroxylation sites is 1. The van der Waals surface area contributed by atoms with E-state index in [4.69, 9.17) is 0 Å². The number of Topliss-reactive ketones (excluding diaryl/α,β-unsaturated/α-hetero) is 1. The lowest BCUT2D eigenvalue weighted by Gasteiger charge is -2.38. The normalized spacial score (nSPS) is 27.7. The van der Waals surface area contributed by atoms with Crippen molar-refractivity contribution in [2.75, 3.05) is 20.1 Å². The summed E-state index contributed by atoms with van der Waals surface area (Å²) in [6.45, 7) is 4.18. The fraction of sp³-hybridized carbons (Fsp3) is 0.421. The molecule has 0 spiro atoms. The molecule has 0 unspecified atom stereocenters. The topological polar surface area (TPSA) is 36.1 Å². The van der Waals surface area contributed by atoms with E-state index in [9.17, 15) is 4.79 Å².